The molecule has 7 heteroatoms. The van der Waals surface area contributed by atoms with Gasteiger partial charge in [-0.25, -0.2) is 4.79 Å². The molecule has 0 unspecified atom stereocenters. The van der Waals surface area contributed by atoms with Gasteiger partial charge in [-0.3, -0.25) is 9.78 Å². The Morgan fingerprint density at radius 1 is 1.46 bits per heavy atom. The minimum Gasteiger partial charge on any atom is -0.381 e. The van der Waals surface area contributed by atoms with Crippen LogP contribution < -0.4 is 10.6 Å². The number of fused-ring (bicyclic) bond motifs is 1. The van der Waals surface area contributed by atoms with E-state index in [0.29, 0.717) is 39.3 Å². The molecule has 24 heavy (non-hydrogen) atoms. The Kier molecular flexibility index (Phi) is 4.71. The highest BCUT2D eigenvalue weighted by Crippen LogP contribution is 2.42. The average molecular weight is 332 g/mol. The van der Waals surface area contributed by atoms with Crippen LogP contribution in [0.1, 0.15) is 17.7 Å². The van der Waals surface area contributed by atoms with Gasteiger partial charge in [0.1, 0.15) is 0 Å². The second-order valence-electron chi connectivity index (χ2n) is 6.62. The number of aromatic nitrogens is 1. The van der Waals surface area contributed by atoms with Crippen LogP contribution in [-0.4, -0.2) is 55.2 Å². The van der Waals surface area contributed by atoms with Crippen molar-refractivity contribution in [2.24, 2.45) is 11.3 Å². The number of nitrogens with one attached hydrogen (secondary N) is 2. The fraction of sp³-hybridized carbons (Fsp3) is 0.588. The summed E-state index contributed by atoms with van der Waals surface area (Å²) in [5.41, 5.74) is 1.38. The predicted octanol–water partition coefficient (Wildman–Crippen LogP) is 0.684. The van der Waals surface area contributed by atoms with Gasteiger partial charge in [-0.15, -0.1) is 0 Å². The maximum absolute atomic E-state index is 12.5. The van der Waals surface area contributed by atoms with Gasteiger partial charge in [0.15, 0.2) is 0 Å². The second kappa shape index (κ2) is 6.76. The highest BCUT2D eigenvalue weighted by atomic mass is 16.5. The Labute approximate surface area is 141 Å². The zero-order chi connectivity index (χ0) is 17.2. The molecule has 2 aliphatic rings. The lowest BCUT2D eigenvalue weighted by Gasteiger charge is -2.36. The molecule has 0 aliphatic carbocycles. The summed E-state index contributed by atoms with van der Waals surface area (Å²) in [7, 11) is 1.65. The molecule has 2 saturated heterocycles. The predicted molar refractivity (Wildman–Crippen MR) is 88.2 cm³/mol. The van der Waals surface area contributed by atoms with E-state index in [4.69, 9.17) is 4.74 Å². The summed E-state index contributed by atoms with van der Waals surface area (Å²) in [5.74, 6) is 0.0563. The van der Waals surface area contributed by atoms with Crippen LogP contribution in [0.15, 0.2) is 18.3 Å². The van der Waals surface area contributed by atoms with Gasteiger partial charge >= 0.3 is 6.03 Å². The van der Waals surface area contributed by atoms with Crippen LogP contribution in [0.25, 0.3) is 0 Å². The van der Waals surface area contributed by atoms with E-state index in [1.54, 1.807) is 18.1 Å². The monoisotopic (exact) mass is 332 g/mol. The topological polar surface area (TPSA) is 83.6 Å². The van der Waals surface area contributed by atoms with Gasteiger partial charge in [0.05, 0.1) is 24.3 Å². The Hall–Kier alpha value is -2.15. The lowest BCUT2D eigenvalue weighted by molar-refractivity contribution is -0.138. The van der Waals surface area contributed by atoms with Gasteiger partial charge in [0.2, 0.25) is 5.91 Å². The van der Waals surface area contributed by atoms with Gasteiger partial charge in [0.25, 0.3) is 0 Å². The highest BCUT2D eigenvalue weighted by molar-refractivity contribution is 5.85. The van der Waals surface area contributed by atoms with Crippen LogP contribution in [0.5, 0.6) is 0 Å². The third kappa shape index (κ3) is 3.08. The molecule has 0 aromatic carbocycles. The number of carbonyl (C=O) groups excluding carboxylic acids is 2. The maximum Gasteiger partial charge on any atom is 0.317 e. The van der Waals surface area contributed by atoms with E-state index >= 15 is 0 Å². The number of nitrogens with zero attached hydrogens (tertiary/aromatic N) is 2. The molecule has 0 bridgehead atoms. The van der Waals surface area contributed by atoms with E-state index < -0.39 is 5.41 Å². The number of rotatable bonds is 3. The summed E-state index contributed by atoms with van der Waals surface area (Å²) < 4.78 is 5.52. The number of likely N-dealkylation sites (tertiary alicyclic amines) is 1. The molecular weight excluding hydrogens is 308 g/mol. The van der Waals surface area contributed by atoms with Crippen molar-refractivity contribution in [3.05, 3.63) is 29.6 Å². The molecule has 2 fully saturated rings. The van der Waals surface area contributed by atoms with Crippen molar-refractivity contribution in [2.45, 2.75) is 19.9 Å². The molecule has 3 heterocycles. The summed E-state index contributed by atoms with van der Waals surface area (Å²) in [5, 5.41) is 5.65. The Morgan fingerprint density at radius 3 is 3.00 bits per heavy atom. The van der Waals surface area contributed by atoms with Crippen LogP contribution in [0.2, 0.25) is 0 Å². The van der Waals surface area contributed by atoms with Crippen LogP contribution in [0.4, 0.5) is 4.79 Å². The van der Waals surface area contributed by atoms with Gasteiger partial charge in [-0.2, -0.15) is 0 Å². The van der Waals surface area contributed by atoms with Crippen LogP contribution in [0, 0.1) is 18.3 Å². The van der Waals surface area contributed by atoms with Crippen LogP contribution in [-0.2, 0) is 16.1 Å². The van der Waals surface area contributed by atoms with Crippen molar-refractivity contribution >= 4 is 11.9 Å². The number of pyridine rings is 1. The molecule has 3 rings (SSSR count). The van der Waals surface area contributed by atoms with E-state index in [-0.39, 0.29) is 17.9 Å². The molecule has 7 nitrogen and oxygen atoms in total. The summed E-state index contributed by atoms with van der Waals surface area (Å²) in [4.78, 5) is 30.9. The van der Waals surface area contributed by atoms with Gasteiger partial charge in [-0.05, 0) is 25.0 Å². The first-order chi connectivity index (χ1) is 11.5. The number of carbonyl (C=O) groups is 2. The zero-order valence-corrected chi connectivity index (χ0v) is 14.2. The minimum absolute atomic E-state index is 0.00583. The maximum atomic E-state index is 12.5. The fourth-order valence-electron chi connectivity index (χ4n) is 3.61. The largest absolute Gasteiger partial charge is 0.381 e. The lowest BCUT2D eigenvalue weighted by atomic mass is 9.73. The van der Waals surface area contributed by atoms with E-state index in [9.17, 15) is 9.59 Å². The molecule has 0 saturated carbocycles. The lowest BCUT2D eigenvalue weighted by Crippen LogP contribution is -2.50. The standard InChI is InChI=1S/C17H24N4O3/c1-12-3-4-14(19-7-12)8-20-16(23)21-9-13-10-24-6-5-17(13,11-21)15(22)18-2/h3-4,7,13H,5-6,8-11H2,1-2H3,(H,18,22)(H,20,23)/t13-,17+/m0/s1. The first-order valence-corrected chi connectivity index (χ1v) is 8.29. The van der Waals surface area contributed by atoms with E-state index in [0.717, 1.165) is 11.3 Å². The normalized spacial score (nSPS) is 25.9. The number of amides is 3. The number of aryl methyl sites for hydroxylation is 1. The number of ether oxygens (including phenoxy) is 1. The third-order valence-electron chi connectivity index (χ3n) is 5.07. The molecule has 3 amide bonds. The van der Waals surface area contributed by atoms with Gasteiger partial charge in [0, 0.05) is 38.9 Å². The van der Waals surface area contributed by atoms with Crippen molar-refractivity contribution in [1.82, 2.24) is 20.5 Å². The molecule has 130 valence electrons. The van der Waals surface area contributed by atoms with E-state index in [1.165, 1.54) is 0 Å². The summed E-state index contributed by atoms with van der Waals surface area (Å²) in [6.07, 6.45) is 2.43. The quantitative estimate of drug-likeness (QED) is 0.853. The zero-order valence-electron chi connectivity index (χ0n) is 14.2. The van der Waals surface area contributed by atoms with E-state index in [1.807, 2.05) is 19.1 Å². The average Bonchev–Trinajstić information content (AvgIpc) is 3.01. The van der Waals surface area contributed by atoms with Crippen molar-refractivity contribution in [3.8, 4) is 0 Å². The summed E-state index contributed by atoms with van der Waals surface area (Å²) >= 11 is 0. The van der Waals surface area contributed by atoms with Crippen molar-refractivity contribution < 1.29 is 14.3 Å². The minimum atomic E-state index is -0.521. The summed E-state index contributed by atoms with van der Waals surface area (Å²) in [6.45, 7) is 4.42. The van der Waals surface area contributed by atoms with Crippen LogP contribution >= 0.6 is 0 Å². The molecule has 2 aliphatic heterocycles. The smallest absolute Gasteiger partial charge is 0.317 e. The third-order valence-corrected chi connectivity index (χ3v) is 5.07. The Morgan fingerprint density at radius 2 is 2.29 bits per heavy atom. The molecule has 2 atom stereocenters. The first kappa shape index (κ1) is 16.7. The SMILES string of the molecule is CNC(=O)[C@@]12CCOC[C@@H]1CN(C(=O)NCc1ccc(C)cn1)C2. The summed E-state index contributed by atoms with van der Waals surface area (Å²) in [6, 6.07) is 3.71. The van der Waals surface area contributed by atoms with Gasteiger partial charge < -0.3 is 20.3 Å². The van der Waals surface area contributed by atoms with Crippen molar-refractivity contribution in [3.63, 3.8) is 0 Å². The van der Waals surface area contributed by atoms with Crippen LogP contribution in [0.3, 0.4) is 0 Å². The molecule has 1 aromatic heterocycles. The molecule has 1 aromatic rings. The number of hydrogen-bond donors (Lipinski definition) is 2. The molecule has 0 radical (unpaired) electrons. The van der Waals surface area contributed by atoms with Gasteiger partial charge in [-0.1, -0.05) is 6.07 Å². The van der Waals surface area contributed by atoms with Crippen molar-refractivity contribution in [2.75, 3.05) is 33.4 Å². The molecular formula is C17H24N4O3. The first-order valence-electron chi connectivity index (χ1n) is 8.29. The fourth-order valence-corrected chi connectivity index (χ4v) is 3.61. The highest BCUT2D eigenvalue weighted by Gasteiger charge is 2.54. The number of hydrogen-bond acceptors (Lipinski definition) is 4. The molecule has 0 spiro atoms. The number of urea groups is 1. The molecule has 2 N–H and O–H groups in total. The second-order valence-corrected chi connectivity index (χ2v) is 6.62. The van der Waals surface area contributed by atoms with Crippen molar-refractivity contribution in [1.29, 1.82) is 0 Å². The Balaban J connectivity index is 1.63. The Bertz CT molecular complexity index is 619. The van der Waals surface area contributed by atoms with E-state index in [2.05, 4.69) is 15.6 Å².